The van der Waals surface area contributed by atoms with Gasteiger partial charge in [-0.25, -0.2) is 13.1 Å². The van der Waals surface area contributed by atoms with E-state index >= 15 is 0 Å². The Labute approximate surface area is 95.9 Å². The van der Waals surface area contributed by atoms with Crippen molar-refractivity contribution in [2.75, 3.05) is 6.54 Å². The van der Waals surface area contributed by atoms with E-state index in [4.69, 9.17) is 5.73 Å². The molecule has 16 heavy (non-hydrogen) atoms. The van der Waals surface area contributed by atoms with E-state index in [0.717, 1.165) is 18.4 Å². The highest BCUT2D eigenvalue weighted by atomic mass is 32.2. The van der Waals surface area contributed by atoms with E-state index in [-0.39, 0.29) is 5.54 Å². The molecular formula is C11H16N2O2S. The molecule has 0 heterocycles. The average molecular weight is 240 g/mol. The van der Waals surface area contributed by atoms with Gasteiger partial charge in [0.1, 0.15) is 0 Å². The molecule has 4 nitrogen and oxygen atoms in total. The Morgan fingerprint density at radius 2 is 2.00 bits per heavy atom. The lowest BCUT2D eigenvalue weighted by molar-refractivity contribution is 0.544. The second-order valence-electron chi connectivity index (χ2n) is 4.36. The number of hydrogen-bond acceptors (Lipinski definition) is 3. The maximum absolute atomic E-state index is 12.1. The Morgan fingerprint density at radius 3 is 2.50 bits per heavy atom. The number of aryl methyl sites for hydroxylation is 1. The van der Waals surface area contributed by atoms with Gasteiger partial charge in [-0.3, -0.25) is 0 Å². The second-order valence-corrected chi connectivity index (χ2v) is 6.01. The molecule has 0 amide bonds. The van der Waals surface area contributed by atoms with Crippen molar-refractivity contribution in [2.24, 2.45) is 5.73 Å². The molecule has 1 aliphatic rings. The van der Waals surface area contributed by atoms with Gasteiger partial charge in [0.15, 0.2) is 0 Å². The molecule has 1 aromatic carbocycles. The first kappa shape index (κ1) is 11.6. The molecule has 0 atom stereocenters. The van der Waals surface area contributed by atoms with Gasteiger partial charge in [-0.15, -0.1) is 0 Å². The van der Waals surface area contributed by atoms with Crippen molar-refractivity contribution < 1.29 is 8.42 Å². The summed E-state index contributed by atoms with van der Waals surface area (Å²) in [6, 6.07) is 6.95. The topological polar surface area (TPSA) is 72.2 Å². The standard InChI is InChI=1S/C11H16N2O2S/c1-9-4-2-3-5-10(9)16(14,15)13-11(8-12)6-7-11/h2-5,13H,6-8,12H2,1H3. The lowest BCUT2D eigenvalue weighted by Crippen LogP contribution is -2.42. The summed E-state index contributed by atoms with van der Waals surface area (Å²) in [6.07, 6.45) is 1.66. The Bertz CT molecular complexity index is 492. The molecule has 0 radical (unpaired) electrons. The highest BCUT2D eigenvalue weighted by molar-refractivity contribution is 7.89. The van der Waals surface area contributed by atoms with Crippen molar-refractivity contribution in [2.45, 2.75) is 30.2 Å². The summed E-state index contributed by atoms with van der Waals surface area (Å²) in [5, 5.41) is 0. The first-order valence-corrected chi connectivity index (χ1v) is 6.77. The minimum Gasteiger partial charge on any atom is -0.329 e. The summed E-state index contributed by atoms with van der Waals surface area (Å²) < 4.78 is 26.9. The van der Waals surface area contributed by atoms with E-state index in [9.17, 15) is 8.42 Å². The fourth-order valence-electron chi connectivity index (χ4n) is 1.70. The molecule has 0 aliphatic heterocycles. The largest absolute Gasteiger partial charge is 0.329 e. The fraction of sp³-hybridized carbons (Fsp3) is 0.455. The van der Waals surface area contributed by atoms with Crippen LogP contribution in [0.5, 0.6) is 0 Å². The van der Waals surface area contributed by atoms with E-state index in [0.29, 0.717) is 11.4 Å². The SMILES string of the molecule is Cc1ccccc1S(=O)(=O)NC1(CN)CC1. The van der Waals surface area contributed by atoms with Crippen molar-refractivity contribution in [1.29, 1.82) is 0 Å². The number of nitrogens with two attached hydrogens (primary N) is 1. The van der Waals surface area contributed by atoms with E-state index in [1.54, 1.807) is 25.1 Å². The quantitative estimate of drug-likeness (QED) is 0.816. The number of sulfonamides is 1. The van der Waals surface area contributed by atoms with Gasteiger partial charge in [0, 0.05) is 12.1 Å². The van der Waals surface area contributed by atoms with Crippen molar-refractivity contribution in [3.63, 3.8) is 0 Å². The molecule has 0 aromatic heterocycles. The Hall–Kier alpha value is -0.910. The average Bonchev–Trinajstić information content (AvgIpc) is 2.98. The van der Waals surface area contributed by atoms with E-state index < -0.39 is 10.0 Å². The number of rotatable bonds is 4. The van der Waals surface area contributed by atoms with Crippen LogP contribution in [0.15, 0.2) is 29.2 Å². The molecule has 0 saturated heterocycles. The summed E-state index contributed by atoms with van der Waals surface area (Å²) in [4.78, 5) is 0.342. The number of benzene rings is 1. The predicted molar refractivity (Wildman–Crippen MR) is 62.5 cm³/mol. The van der Waals surface area contributed by atoms with Crippen LogP contribution in [-0.4, -0.2) is 20.5 Å². The Kier molecular flexibility index (Phi) is 2.77. The second kappa shape index (κ2) is 3.84. The van der Waals surface area contributed by atoms with Crippen molar-refractivity contribution >= 4 is 10.0 Å². The molecule has 2 rings (SSSR count). The molecule has 88 valence electrons. The molecule has 5 heteroatoms. The molecule has 0 spiro atoms. The third-order valence-corrected chi connectivity index (χ3v) is 4.72. The molecule has 0 bridgehead atoms. The van der Waals surface area contributed by atoms with Gasteiger partial charge >= 0.3 is 0 Å². The van der Waals surface area contributed by atoms with Gasteiger partial charge in [-0.2, -0.15) is 0 Å². The smallest absolute Gasteiger partial charge is 0.241 e. The normalized spacial score (nSPS) is 18.4. The van der Waals surface area contributed by atoms with Crippen LogP contribution in [0, 0.1) is 6.92 Å². The van der Waals surface area contributed by atoms with E-state index in [1.807, 2.05) is 6.07 Å². The summed E-state index contributed by atoms with van der Waals surface area (Å²) in [5.41, 5.74) is 5.93. The van der Waals surface area contributed by atoms with Gasteiger partial charge in [-0.05, 0) is 31.4 Å². The van der Waals surface area contributed by atoms with Gasteiger partial charge < -0.3 is 5.73 Å². The predicted octanol–water partition coefficient (Wildman–Crippen LogP) is 0.765. The molecule has 1 fully saturated rings. The summed E-state index contributed by atoms with van der Waals surface area (Å²) >= 11 is 0. The van der Waals surface area contributed by atoms with Crippen LogP contribution in [0.25, 0.3) is 0 Å². The van der Waals surface area contributed by atoms with Gasteiger partial charge in [-0.1, -0.05) is 18.2 Å². The van der Waals surface area contributed by atoms with Crippen LogP contribution in [0.3, 0.4) is 0 Å². The Balaban J connectivity index is 2.30. The summed E-state index contributed by atoms with van der Waals surface area (Å²) in [6.45, 7) is 2.15. The fourth-order valence-corrected chi connectivity index (χ4v) is 3.41. The minimum atomic E-state index is -3.43. The van der Waals surface area contributed by atoms with Crippen molar-refractivity contribution in [1.82, 2.24) is 4.72 Å². The third-order valence-electron chi connectivity index (χ3n) is 2.98. The van der Waals surface area contributed by atoms with Gasteiger partial charge in [0.25, 0.3) is 0 Å². The Morgan fingerprint density at radius 1 is 1.38 bits per heavy atom. The molecule has 3 N–H and O–H groups in total. The first-order valence-electron chi connectivity index (χ1n) is 5.29. The highest BCUT2D eigenvalue weighted by Crippen LogP contribution is 2.35. The van der Waals surface area contributed by atoms with Gasteiger partial charge in [0.2, 0.25) is 10.0 Å². The van der Waals surface area contributed by atoms with Crippen molar-refractivity contribution in [3.05, 3.63) is 29.8 Å². The van der Waals surface area contributed by atoms with Crippen LogP contribution in [-0.2, 0) is 10.0 Å². The maximum atomic E-state index is 12.1. The molecular weight excluding hydrogens is 224 g/mol. The van der Waals surface area contributed by atoms with Crippen LogP contribution in [0.1, 0.15) is 18.4 Å². The van der Waals surface area contributed by atoms with E-state index in [1.165, 1.54) is 0 Å². The molecule has 1 aromatic rings. The van der Waals surface area contributed by atoms with Crippen LogP contribution in [0.4, 0.5) is 0 Å². The monoisotopic (exact) mass is 240 g/mol. The number of nitrogens with one attached hydrogen (secondary N) is 1. The van der Waals surface area contributed by atoms with Crippen LogP contribution < -0.4 is 10.5 Å². The van der Waals surface area contributed by atoms with Crippen molar-refractivity contribution in [3.8, 4) is 0 Å². The minimum absolute atomic E-state index is 0.342. The first-order chi connectivity index (χ1) is 7.49. The lowest BCUT2D eigenvalue weighted by atomic mass is 10.2. The number of hydrogen-bond donors (Lipinski definition) is 2. The van der Waals surface area contributed by atoms with Gasteiger partial charge in [0.05, 0.1) is 4.90 Å². The lowest BCUT2D eigenvalue weighted by Gasteiger charge is -2.16. The zero-order valence-electron chi connectivity index (χ0n) is 9.23. The third kappa shape index (κ3) is 2.11. The zero-order valence-corrected chi connectivity index (χ0v) is 10.0. The molecule has 0 unspecified atom stereocenters. The summed E-state index contributed by atoms with van der Waals surface area (Å²) in [7, 11) is -3.43. The van der Waals surface area contributed by atoms with E-state index in [2.05, 4.69) is 4.72 Å². The zero-order chi connectivity index (χ0) is 11.8. The van der Waals surface area contributed by atoms with Crippen LogP contribution >= 0.6 is 0 Å². The maximum Gasteiger partial charge on any atom is 0.241 e. The highest BCUT2D eigenvalue weighted by Gasteiger charge is 2.44. The van der Waals surface area contributed by atoms with Crippen LogP contribution in [0.2, 0.25) is 0 Å². The summed E-state index contributed by atoms with van der Waals surface area (Å²) in [5.74, 6) is 0. The molecule has 1 aliphatic carbocycles. The molecule has 1 saturated carbocycles.